The Morgan fingerprint density at radius 3 is 2.90 bits per heavy atom. The standard InChI is InChI=1S/C22H22N4O4/c27-22(23-12-15-5-7-19-20(11-15)30-14-29-19)16-3-1-9-26(13-16)21-8-6-17(24-25-21)18-4-2-10-28-18/h2,4-8,10-11,16H,1,3,9,12-14H2,(H,23,27)/t16-/m0/s1. The number of carbonyl (C=O) groups is 1. The number of carbonyl (C=O) groups excluding carboxylic acids is 1. The summed E-state index contributed by atoms with van der Waals surface area (Å²) in [6.07, 6.45) is 3.41. The lowest BCUT2D eigenvalue weighted by molar-refractivity contribution is -0.125. The van der Waals surface area contributed by atoms with E-state index in [0.717, 1.165) is 42.3 Å². The van der Waals surface area contributed by atoms with Crippen molar-refractivity contribution < 1.29 is 18.7 Å². The molecule has 2 aliphatic heterocycles. The van der Waals surface area contributed by atoms with Gasteiger partial charge in [0.15, 0.2) is 23.1 Å². The molecule has 0 spiro atoms. The van der Waals surface area contributed by atoms with E-state index in [1.54, 1.807) is 6.26 Å². The van der Waals surface area contributed by atoms with Crippen LogP contribution in [0, 0.1) is 5.92 Å². The fourth-order valence-electron chi connectivity index (χ4n) is 3.83. The summed E-state index contributed by atoms with van der Waals surface area (Å²) in [6, 6.07) is 13.2. The molecule has 0 unspecified atom stereocenters. The zero-order valence-corrected chi connectivity index (χ0v) is 16.4. The molecule has 8 nitrogen and oxygen atoms in total. The summed E-state index contributed by atoms with van der Waals surface area (Å²) in [5, 5.41) is 11.6. The molecule has 4 heterocycles. The molecule has 154 valence electrons. The first kappa shape index (κ1) is 18.5. The zero-order valence-electron chi connectivity index (χ0n) is 16.4. The van der Waals surface area contributed by atoms with Crippen molar-refractivity contribution in [1.29, 1.82) is 0 Å². The SMILES string of the molecule is O=C(NCc1ccc2c(c1)OCO2)[C@H]1CCCN(c2ccc(-c3ccco3)nn2)C1. The van der Waals surface area contributed by atoms with Gasteiger partial charge in [-0.3, -0.25) is 4.79 Å². The largest absolute Gasteiger partial charge is 0.463 e. The minimum Gasteiger partial charge on any atom is -0.463 e. The molecular weight excluding hydrogens is 384 g/mol. The van der Waals surface area contributed by atoms with Crippen LogP contribution in [0.4, 0.5) is 5.82 Å². The second kappa shape index (κ2) is 8.06. The Kier molecular flexibility index (Phi) is 4.96. The van der Waals surface area contributed by atoms with Crippen LogP contribution in [-0.2, 0) is 11.3 Å². The highest BCUT2D eigenvalue weighted by molar-refractivity contribution is 5.79. The van der Waals surface area contributed by atoms with Gasteiger partial charge < -0.3 is 24.1 Å². The number of ether oxygens (including phenoxy) is 2. The number of benzene rings is 1. The molecule has 0 aliphatic carbocycles. The highest BCUT2D eigenvalue weighted by atomic mass is 16.7. The Morgan fingerprint density at radius 2 is 2.07 bits per heavy atom. The molecule has 1 amide bonds. The molecule has 8 heteroatoms. The van der Waals surface area contributed by atoms with Gasteiger partial charge >= 0.3 is 0 Å². The van der Waals surface area contributed by atoms with Gasteiger partial charge in [-0.2, -0.15) is 0 Å². The third kappa shape index (κ3) is 3.80. The molecule has 30 heavy (non-hydrogen) atoms. The van der Waals surface area contributed by atoms with Gasteiger partial charge in [-0.15, -0.1) is 10.2 Å². The van der Waals surface area contributed by atoms with Crippen molar-refractivity contribution in [3.63, 3.8) is 0 Å². The first-order valence-electron chi connectivity index (χ1n) is 10.0. The van der Waals surface area contributed by atoms with Crippen molar-refractivity contribution in [3.8, 4) is 23.0 Å². The molecule has 0 bridgehead atoms. The molecule has 1 atom stereocenters. The number of amides is 1. The average Bonchev–Trinajstić information content (AvgIpc) is 3.49. The maximum atomic E-state index is 12.7. The van der Waals surface area contributed by atoms with Crippen molar-refractivity contribution >= 4 is 11.7 Å². The van der Waals surface area contributed by atoms with Gasteiger partial charge in [-0.25, -0.2) is 0 Å². The van der Waals surface area contributed by atoms with Crippen LogP contribution < -0.4 is 19.7 Å². The normalized spacial score (nSPS) is 17.7. The number of furan rings is 1. The average molecular weight is 406 g/mol. The Labute approximate surface area is 173 Å². The molecule has 0 saturated carbocycles. The van der Waals surface area contributed by atoms with E-state index < -0.39 is 0 Å². The van der Waals surface area contributed by atoms with E-state index in [1.807, 2.05) is 42.5 Å². The van der Waals surface area contributed by atoms with Crippen LogP contribution in [0.3, 0.4) is 0 Å². The van der Waals surface area contributed by atoms with Gasteiger partial charge in [0.25, 0.3) is 0 Å². The fourth-order valence-corrected chi connectivity index (χ4v) is 3.83. The van der Waals surface area contributed by atoms with E-state index in [4.69, 9.17) is 13.9 Å². The van der Waals surface area contributed by atoms with Crippen LogP contribution in [0.25, 0.3) is 11.5 Å². The summed E-state index contributed by atoms with van der Waals surface area (Å²) >= 11 is 0. The van der Waals surface area contributed by atoms with Gasteiger partial charge in [0.05, 0.1) is 12.2 Å². The van der Waals surface area contributed by atoms with Gasteiger partial charge in [-0.05, 0) is 54.8 Å². The summed E-state index contributed by atoms with van der Waals surface area (Å²) in [4.78, 5) is 14.9. The van der Waals surface area contributed by atoms with Crippen molar-refractivity contribution in [2.75, 3.05) is 24.8 Å². The summed E-state index contributed by atoms with van der Waals surface area (Å²) in [6.45, 7) is 2.19. The number of aromatic nitrogens is 2. The Balaban J connectivity index is 1.19. The van der Waals surface area contributed by atoms with E-state index in [1.165, 1.54) is 0 Å². The number of nitrogens with zero attached hydrogens (tertiary/aromatic N) is 3. The van der Waals surface area contributed by atoms with Crippen molar-refractivity contribution in [1.82, 2.24) is 15.5 Å². The molecule has 2 aromatic heterocycles. The van der Waals surface area contributed by atoms with Gasteiger partial charge in [0, 0.05) is 19.6 Å². The first-order chi connectivity index (χ1) is 14.8. The summed E-state index contributed by atoms with van der Waals surface area (Å²) in [5.41, 5.74) is 1.68. The quantitative estimate of drug-likeness (QED) is 0.697. The number of hydrogen-bond acceptors (Lipinski definition) is 7. The minimum absolute atomic E-state index is 0.0533. The third-order valence-corrected chi connectivity index (χ3v) is 5.44. The number of nitrogens with one attached hydrogen (secondary N) is 1. The number of rotatable bonds is 5. The molecular formula is C22H22N4O4. The molecule has 2 aliphatic rings. The van der Waals surface area contributed by atoms with E-state index >= 15 is 0 Å². The Morgan fingerprint density at radius 1 is 1.13 bits per heavy atom. The van der Waals surface area contributed by atoms with Gasteiger partial charge in [0.1, 0.15) is 5.69 Å². The summed E-state index contributed by atoms with van der Waals surface area (Å²) in [7, 11) is 0. The van der Waals surface area contributed by atoms with Gasteiger partial charge in [0.2, 0.25) is 12.7 Å². The molecule has 1 fully saturated rings. The Hall–Kier alpha value is -3.55. The van der Waals surface area contributed by atoms with Crippen LogP contribution >= 0.6 is 0 Å². The summed E-state index contributed by atoms with van der Waals surface area (Å²) in [5.74, 6) is 2.90. The van der Waals surface area contributed by atoms with Gasteiger partial charge in [-0.1, -0.05) is 6.07 Å². The number of piperidine rings is 1. The molecule has 5 rings (SSSR count). The van der Waals surface area contributed by atoms with Crippen LogP contribution in [0.1, 0.15) is 18.4 Å². The second-order valence-corrected chi connectivity index (χ2v) is 7.44. The molecule has 1 saturated heterocycles. The smallest absolute Gasteiger partial charge is 0.231 e. The maximum Gasteiger partial charge on any atom is 0.231 e. The highest BCUT2D eigenvalue weighted by Crippen LogP contribution is 2.32. The van der Waals surface area contributed by atoms with Crippen LogP contribution in [0.5, 0.6) is 11.5 Å². The van der Waals surface area contributed by atoms with E-state index in [-0.39, 0.29) is 18.6 Å². The lowest BCUT2D eigenvalue weighted by Crippen LogP contribution is -2.43. The number of anilines is 1. The third-order valence-electron chi connectivity index (χ3n) is 5.44. The molecule has 1 N–H and O–H groups in total. The predicted molar refractivity (Wildman–Crippen MR) is 109 cm³/mol. The predicted octanol–water partition coefficient (Wildman–Crippen LogP) is 3.00. The maximum absolute atomic E-state index is 12.7. The van der Waals surface area contributed by atoms with Crippen LogP contribution in [0.2, 0.25) is 0 Å². The zero-order chi connectivity index (χ0) is 20.3. The number of fused-ring (bicyclic) bond motifs is 1. The summed E-state index contributed by atoms with van der Waals surface area (Å²) < 4.78 is 16.1. The topological polar surface area (TPSA) is 89.7 Å². The van der Waals surface area contributed by atoms with E-state index in [0.29, 0.717) is 24.5 Å². The lowest BCUT2D eigenvalue weighted by Gasteiger charge is -2.32. The monoisotopic (exact) mass is 406 g/mol. The minimum atomic E-state index is -0.0840. The molecule has 3 aromatic rings. The molecule has 1 aromatic carbocycles. The van der Waals surface area contributed by atoms with Crippen LogP contribution in [0.15, 0.2) is 53.1 Å². The second-order valence-electron chi connectivity index (χ2n) is 7.44. The molecule has 0 radical (unpaired) electrons. The number of hydrogen-bond donors (Lipinski definition) is 1. The Bertz CT molecular complexity index is 1020. The first-order valence-corrected chi connectivity index (χ1v) is 10.0. The van der Waals surface area contributed by atoms with Crippen LogP contribution in [-0.4, -0.2) is 36.0 Å². The lowest BCUT2D eigenvalue weighted by atomic mass is 9.97. The fraction of sp³-hybridized carbons (Fsp3) is 0.318. The van der Waals surface area contributed by atoms with Crippen molar-refractivity contribution in [2.45, 2.75) is 19.4 Å². The van der Waals surface area contributed by atoms with E-state index in [2.05, 4.69) is 20.4 Å². The van der Waals surface area contributed by atoms with Crippen molar-refractivity contribution in [2.24, 2.45) is 5.92 Å². The van der Waals surface area contributed by atoms with Crippen molar-refractivity contribution in [3.05, 3.63) is 54.3 Å². The highest BCUT2D eigenvalue weighted by Gasteiger charge is 2.27. The van der Waals surface area contributed by atoms with E-state index in [9.17, 15) is 4.79 Å².